The standard InChI is InChI=1S/C14H8Cl3NO3S2/c15-9-5-11(7-3-1-2-4-8(7)13(9)19)18-23(20,21)12-6-10(16)14(17)22-12/h1-6,13,19H/b18-11+. The van der Waals surface area contributed by atoms with Crippen LogP contribution >= 0.6 is 46.1 Å². The van der Waals surface area contributed by atoms with E-state index in [-0.39, 0.29) is 24.3 Å². The van der Waals surface area contributed by atoms with Crippen molar-refractivity contribution in [3.63, 3.8) is 0 Å². The minimum absolute atomic E-state index is 0.0619. The van der Waals surface area contributed by atoms with Crippen molar-refractivity contribution in [2.24, 2.45) is 4.40 Å². The molecule has 0 saturated carbocycles. The van der Waals surface area contributed by atoms with Crippen LogP contribution in [0.1, 0.15) is 17.2 Å². The Bertz CT molecular complexity index is 928. The minimum atomic E-state index is -3.99. The topological polar surface area (TPSA) is 66.7 Å². The van der Waals surface area contributed by atoms with E-state index in [4.69, 9.17) is 34.8 Å². The highest BCUT2D eigenvalue weighted by molar-refractivity contribution is 7.92. The molecule has 1 aromatic heterocycles. The number of allylic oxidation sites excluding steroid dienone is 1. The molecule has 0 fully saturated rings. The van der Waals surface area contributed by atoms with Gasteiger partial charge in [-0.3, -0.25) is 0 Å². The van der Waals surface area contributed by atoms with Crippen LogP contribution in [0.3, 0.4) is 0 Å². The van der Waals surface area contributed by atoms with Crippen LogP contribution in [0, 0.1) is 0 Å². The molecule has 1 heterocycles. The maximum atomic E-state index is 12.4. The third-order valence-electron chi connectivity index (χ3n) is 3.16. The van der Waals surface area contributed by atoms with Gasteiger partial charge < -0.3 is 5.11 Å². The molecule has 0 spiro atoms. The van der Waals surface area contributed by atoms with Gasteiger partial charge in [-0.2, -0.15) is 12.8 Å². The molecule has 0 bridgehead atoms. The summed E-state index contributed by atoms with van der Waals surface area (Å²) in [5.41, 5.74) is 1.15. The summed E-state index contributed by atoms with van der Waals surface area (Å²) in [6, 6.07) is 8.03. The molecule has 0 amide bonds. The molecule has 1 atom stereocenters. The van der Waals surface area contributed by atoms with E-state index in [2.05, 4.69) is 4.40 Å². The second-order valence-electron chi connectivity index (χ2n) is 4.66. The molecule has 1 N–H and O–H groups in total. The number of fused-ring (bicyclic) bond motifs is 1. The Morgan fingerprint density at radius 1 is 1.17 bits per heavy atom. The van der Waals surface area contributed by atoms with Gasteiger partial charge in [0.2, 0.25) is 0 Å². The Hall–Kier alpha value is -0.890. The molecular weight excluding hydrogens is 401 g/mol. The molecule has 1 aromatic carbocycles. The number of nitrogens with zero attached hydrogens (tertiary/aromatic N) is 1. The Labute approximate surface area is 151 Å². The van der Waals surface area contributed by atoms with Crippen molar-refractivity contribution in [2.75, 3.05) is 0 Å². The smallest absolute Gasteiger partial charge is 0.292 e. The molecule has 23 heavy (non-hydrogen) atoms. The van der Waals surface area contributed by atoms with Crippen molar-refractivity contribution >= 4 is 61.9 Å². The molecule has 1 aliphatic rings. The first-order valence-electron chi connectivity index (χ1n) is 6.24. The van der Waals surface area contributed by atoms with Crippen molar-refractivity contribution < 1.29 is 13.5 Å². The molecule has 1 aliphatic carbocycles. The minimum Gasteiger partial charge on any atom is -0.383 e. The van der Waals surface area contributed by atoms with E-state index in [1.54, 1.807) is 24.3 Å². The second-order valence-corrected chi connectivity index (χ2v) is 8.99. The van der Waals surface area contributed by atoms with E-state index >= 15 is 0 Å². The maximum Gasteiger partial charge on any atom is 0.292 e. The van der Waals surface area contributed by atoms with E-state index in [1.807, 2.05) is 0 Å². The Morgan fingerprint density at radius 3 is 2.52 bits per heavy atom. The molecule has 0 aliphatic heterocycles. The molecule has 9 heteroatoms. The Balaban J connectivity index is 2.15. The van der Waals surface area contributed by atoms with Crippen LogP contribution in [0.2, 0.25) is 9.36 Å². The predicted molar refractivity (Wildman–Crippen MR) is 93.4 cm³/mol. The van der Waals surface area contributed by atoms with Gasteiger partial charge in [0.05, 0.1) is 15.8 Å². The molecule has 2 aromatic rings. The summed E-state index contributed by atoms with van der Waals surface area (Å²) in [5.74, 6) is 0. The zero-order chi connectivity index (χ0) is 16.8. The summed E-state index contributed by atoms with van der Waals surface area (Å²) in [4.78, 5) is 0. The monoisotopic (exact) mass is 407 g/mol. The van der Waals surface area contributed by atoms with Crippen molar-refractivity contribution in [1.29, 1.82) is 0 Å². The quantitative estimate of drug-likeness (QED) is 0.800. The number of rotatable bonds is 2. The fourth-order valence-electron chi connectivity index (χ4n) is 2.11. The van der Waals surface area contributed by atoms with Crippen molar-refractivity contribution in [3.8, 4) is 0 Å². The summed E-state index contributed by atoms with van der Waals surface area (Å²) in [5, 5.41) is 10.3. The molecule has 1 unspecified atom stereocenters. The van der Waals surface area contributed by atoms with E-state index in [1.165, 1.54) is 12.1 Å². The average Bonchev–Trinajstić information content (AvgIpc) is 2.85. The van der Waals surface area contributed by atoms with Gasteiger partial charge in [0, 0.05) is 5.56 Å². The van der Waals surface area contributed by atoms with Gasteiger partial charge in [-0.05, 0) is 17.7 Å². The van der Waals surface area contributed by atoms with E-state index < -0.39 is 16.1 Å². The lowest BCUT2D eigenvalue weighted by Crippen LogP contribution is -2.15. The molecule has 0 radical (unpaired) electrons. The lowest BCUT2D eigenvalue weighted by molar-refractivity contribution is 0.223. The van der Waals surface area contributed by atoms with Crippen LogP contribution in [-0.2, 0) is 10.0 Å². The Morgan fingerprint density at radius 2 is 1.87 bits per heavy atom. The van der Waals surface area contributed by atoms with E-state index in [9.17, 15) is 13.5 Å². The fourth-order valence-corrected chi connectivity index (χ4v) is 5.18. The third-order valence-corrected chi connectivity index (χ3v) is 7.08. The third kappa shape index (κ3) is 3.20. The summed E-state index contributed by atoms with van der Waals surface area (Å²) in [6.07, 6.45) is 0.336. The van der Waals surface area contributed by atoms with Gasteiger partial charge in [0.1, 0.15) is 14.6 Å². The molecule has 0 saturated heterocycles. The highest BCUT2D eigenvalue weighted by Crippen LogP contribution is 2.37. The second kappa shape index (κ2) is 6.20. The fraction of sp³-hybridized carbons (Fsp3) is 0.0714. The highest BCUT2D eigenvalue weighted by atomic mass is 35.5. The van der Waals surface area contributed by atoms with E-state index in [0.29, 0.717) is 11.1 Å². The number of hydrogen-bond acceptors (Lipinski definition) is 4. The maximum absolute atomic E-state index is 12.4. The van der Waals surface area contributed by atoms with Crippen LogP contribution in [0.25, 0.3) is 0 Å². The van der Waals surface area contributed by atoms with Crippen LogP contribution in [-0.4, -0.2) is 19.2 Å². The van der Waals surface area contributed by atoms with E-state index in [0.717, 1.165) is 11.3 Å². The van der Waals surface area contributed by atoms with Crippen LogP contribution in [0.15, 0.2) is 50.0 Å². The Kier molecular flexibility index (Phi) is 4.57. The van der Waals surface area contributed by atoms with Gasteiger partial charge in [0.15, 0.2) is 0 Å². The van der Waals surface area contributed by atoms with Crippen molar-refractivity contribution in [3.05, 3.63) is 61.9 Å². The SMILES string of the molecule is O=S(=O)(/N=C1\C=C(Cl)C(O)c2ccccc21)c1cc(Cl)c(Cl)s1. The molecule has 120 valence electrons. The predicted octanol–water partition coefficient (Wildman–Crippen LogP) is 4.40. The number of hydrogen-bond donors (Lipinski definition) is 1. The summed E-state index contributed by atoms with van der Waals surface area (Å²) >= 11 is 18.4. The van der Waals surface area contributed by atoms with Gasteiger partial charge >= 0.3 is 0 Å². The normalized spacial score (nSPS) is 19.6. The van der Waals surface area contributed by atoms with Crippen LogP contribution in [0.5, 0.6) is 0 Å². The highest BCUT2D eigenvalue weighted by Gasteiger charge is 2.26. The van der Waals surface area contributed by atoms with Gasteiger partial charge in [0.25, 0.3) is 10.0 Å². The molecule has 3 rings (SSSR count). The van der Waals surface area contributed by atoms with Crippen LogP contribution in [0.4, 0.5) is 0 Å². The zero-order valence-corrected chi connectivity index (χ0v) is 15.1. The number of benzene rings is 1. The summed E-state index contributed by atoms with van der Waals surface area (Å²) in [6.45, 7) is 0. The number of halogens is 3. The average molecular weight is 409 g/mol. The first kappa shape index (κ1) is 17.0. The summed E-state index contributed by atoms with van der Waals surface area (Å²) in [7, 11) is -3.99. The molecular formula is C14H8Cl3NO3S2. The van der Waals surface area contributed by atoms with Crippen molar-refractivity contribution in [2.45, 2.75) is 10.3 Å². The number of thiophene rings is 1. The lowest BCUT2D eigenvalue weighted by atomic mass is 9.93. The number of aliphatic hydroxyl groups excluding tert-OH is 1. The van der Waals surface area contributed by atoms with Crippen molar-refractivity contribution in [1.82, 2.24) is 0 Å². The van der Waals surface area contributed by atoms with Gasteiger partial charge in [-0.25, -0.2) is 0 Å². The molecule has 4 nitrogen and oxygen atoms in total. The van der Waals surface area contributed by atoms with Gasteiger partial charge in [-0.15, -0.1) is 11.3 Å². The zero-order valence-electron chi connectivity index (χ0n) is 11.2. The van der Waals surface area contributed by atoms with Gasteiger partial charge in [-0.1, -0.05) is 59.1 Å². The number of aliphatic hydroxyl groups is 1. The number of sulfonamides is 1. The lowest BCUT2D eigenvalue weighted by Gasteiger charge is -2.20. The summed E-state index contributed by atoms with van der Waals surface area (Å²) < 4.78 is 28.8. The largest absolute Gasteiger partial charge is 0.383 e. The first-order valence-corrected chi connectivity index (χ1v) is 9.63. The first-order chi connectivity index (χ1) is 10.8. The van der Waals surface area contributed by atoms with Crippen LogP contribution < -0.4 is 0 Å².